The number of ketones is 1. The van der Waals surface area contributed by atoms with Crippen molar-refractivity contribution in [2.24, 2.45) is 5.92 Å². The summed E-state index contributed by atoms with van der Waals surface area (Å²) in [5, 5.41) is 15.1. The lowest BCUT2D eigenvalue weighted by Crippen LogP contribution is -2.51. The molecule has 35 heavy (non-hydrogen) atoms. The maximum Gasteiger partial charge on any atom is 0.341 e. The first-order valence-corrected chi connectivity index (χ1v) is 12.6. The number of rotatable bonds is 8. The normalized spacial score (nSPS) is 18.4. The van der Waals surface area contributed by atoms with Gasteiger partial charge < -0.3 is 20.1 Å². The van der Waals surface area contributed by atoms with Gasteiger partial charge in [0, 0.05) is 57.0 Å². The summed E-state index contributed by atoms with van der Waals surface area (Å²) in [6.07, 6.45) is 7.68. The average Bonchev–Trinajstić information content (AvgIpc) is 3.36. The number of nitrogens with one attached hydrogen (secondary N) is 1. The van der Waals surface area contributed by atoms with E-state index in [0.29, 0.717) is 41.8 Å². The topological polar surface area (TPSA) is 127 Å². The summed E-state index contributed by atoms with van der Waals surface area (Å²) >= 11 is 1.31. The molecule has 0 radical (unpaired) electrons. The summed E-state index contributed by atoms with van der Waals surface area (Å²) in [5.41, 5.74) is -0.158. The zero-order valence-electron chi connectivity index (χ0n) is 19.4. The molecule has 0 saturated carbocycles. The molecular formula is C24H27N5O5S. The number of carbonyl (C=O) groups is 2. The Bertz CT molecular complexity index is 1310. The molecule has 184 valence electrons. The number of nitrogens with zero attached hydrogens (tertiary/aromatic N) is 4. The summed E-state index contributed by atoms with van der Waals surface area (Å²) in [4.78, 5) is 48.5. The van der Waals surface area contributed by atoms with Crippen LogP contribution >= 0.6 is 11.3 Å². The highest BCUT2D eigenvalue weighted by Gasteiger charge is 2.34. The molecule has 3 aromatic heterocycles. The fraction of sp³-hybridized carbons (Fsp3) is 0.458. The molecule has 0 amide bonds. The first kappa shape index (κ1) is 23.4. The number of carboxylic acid groups (broad SMARTS) is 1. The highest BCUT2D eigenvalue weighted by Crippen LogP contribution is 2.32. The number of hydrogen-bond acceptors (Lipinski definition) is 9. The predicted octanol–water partition coefficient (Wildman–Crippen LogP) is 2.94. The Morgan fingerprint density at radius 1 is 1.31 bits per heavy atom. The van der Waals surface area contributed by atoms with Crippen LogP contribution < -0.4 is 15.6 Å². The second kappa shape index (κ2) is 9.74. The fourth-order valence-corrected chi connectivity index (χ4v) is 5.32. The minimum atomic E-state index is -1.31. The SMILES string of the molecule is CNc1cc(N2CC(C(=O)CCC3CCCCO3)C2)nc2c1c(=O)c(C(=O)O)cn2-c1nccs1. The van der Waals surface area contributed by atoms with Crippen LogP contribution in [0.25, 0.3) is 16.2 Å². The van der Waals surface area contributed by atoms with E-state index in [1.54, 1.807) is 29.3 Å². The Kier molecular flexibility index (Phi) is 6.52. The van der Waals surface area contributed by atoms with Crippen LogP contribution in [0.2, 0.25) is 0 Å². The second-order valence-electron chi connectivity index (χ2n) is 8.93. The van der Waals surface area contributed by atoms with Gasteiger partial charge in [0.15, 0.2) is 10.8 Å². The third-order valence-electron chi connectivity index (χ3n) is 6.72. The summed E-state index contributed by atoms with van der Waals surface area (Å²) in [7, 11) is 1.68. The number of aromatic nitrogens is 3. The maximum atomic E-state index is 13.0. The van der Waals surface area contributed by atoms with E-state index in [1.165, 1.54) is 17.5 Å². The molecule has 0 aromatic carbocycles. The summed E-state index contributed by atoms with van der Waals surface area (Å²) in [5.74, 6) is -0.495. The Hall–Kier alpha value is -3.31. The lowest BCUT2D eigenvalue weighted by Gasteiger charge is -2.39. The Morgan fingerprint density at radius 2 is 2.14 bits per heavy atom. The van der Waals surface area contributed by atoms with Crippen molar-refractivity contribution in [2.45, 2.75) is 38.2 Å². The molecule has 0 aliphatic carbocycles. The number of ether oxygens (including phenoxy) is 1. The van der Waals surface area contributed by atoms with E-state index >= 15 is 0 Å². The van der Waals surface area contributed by atoms with Gasteiger partial charge in [-0.25, -0.2) is 14.8 Å². The average molecular weight is 498 g/mol. The molecular weight excluding hydrogens is 470 g/mol. The van der Waals surface area contributed by atoms with Gasteiger partial charge in [-0.3, -0.25) is 14.2 Å². The fourth-order valence-electron chi connectivity index (χ4n) is 4.70. The van der Waals surface area contributed by atoms with E-state index in [1.807, 2.05) is 4.90 Å². The van der Waals surface area contributed by atoms with Gasteiger partial charge in [-0.2, -0.15) is 0 Å². The van der Waals surface area contributed by atoms with Crippen LogP contribution in [0.5, 0.6) is 0 Å². The number of thiazole rings is 1. The molecule has 0 spiro atoms. The monoisotopic (exact) mass is 497 g/mol. The lowest BCUT2D eigenvalue weighted by molar-refractivity contribution is -0.124. The molecule has 11 heteroatoms. The number of Topliss-reactive ketones (excluding diaryl/α,β-unsaturated/α-hetero) is 1. The van der Waals surface area contributed by atoms with E-state index in [0.717, 1.165) is 32.3 Å². The van der Waals surface area contributed by atoms with E-state index in [9.17, 15) is 19.5 Å². The van der Waals surface area contributed by atoms with Gasteiger partial charge in [-0.05, 0) is 25.7 Å². The molecule has 10 nitrogen and oxygen atoms in total. The van der Waals surface area contributed by atoms with Gasteiger partial charge in [0.1, 0.15) is 17.2 Å². The largest absolute Gasteiger partial charge is 0.477 e. The van der Waals surface area contributed by atoms with Crippen LogP contribution in [-0.2, 0) is 9.53 Å². The molecule has 0 bridgehead atoms. The van der Waals surface area contributed by atoms with Crippen LogP contribution in [0.15, 0.2) is 28.6 Å². The van der Waals surface area contributed by atoms with Crippen molar-refractivity contribution >= 4 is 45.6 Å². The Morgan fingerprint density at radius 3 is 2.80 bits per heavy atom. The van der Waals surface area contributed by atoms with Crippen molar-refractivity contribution in [3.8, 4) is 5.13 Å². The molecule has 2 fully saturated rings. The Labute approximate surface area is 205 Å². The number of carboxylic acids is 1. The molecule has 1 atom stereocenters. The van der Waals surface area contributed by atoms with Crippen LogP contribution in [0.4, 0.5) is 11.5 Å². The quantitative estimate of drug-likeness (QED) is 0.483. The van der Waals surface area contributed by atoms with Crippen LogP contribution in [0.1, 0.15) is 42.5 Å². The number of fused-ring (bicyclic) bond motifs is 1. The lowest BCUT2D eigenvalue weighted by atomic mass is 9.91. The van der Waals surface area contributed by atoms with Crippen molar-refractivity contribution in [3.63, 3.8) is 0 Å². The van der Waals surface area contributed by atoms with E-state index in [4.69, 9.17) is 9.72 Å². The molecule has 2 saturated heterocycles. The standard InChI is InChI=1S/C24H27N5O5S/c1-25-17-10-19(28-11-14(12-28)18(30)6-5-15-4-2-3-8-34-15)27-22-20(17)21(31)16(23(32)33)13-29(22)24-26-7-9-35-24/h7,9-10,13-15H,2-6,8,11-12H2,1H3,(H,25,27)(H,32,33). The summed E-state index contributed by atoms with van der Waals surface area (Å²) in [6, 6.07) is 1.73. The van der Waals surface area contributed by atoms with E-state index < -0.39 is 11.4 Å². The van der Waals surface area contributed by atoms with Crippen molar-refractivity contribution in [1.29, 1.82) is 0 Å². The number of pyridine rings is 2. The van der Waals surface area contributed by atoms with Crippen molar-refractivity contribution in [1.82, 2.24) is 14.5 Å². The van der Waals surface area contributed by atoms with Crippen molar-refractivity contribution in [3.05, 3.63) is 39.6 Å². The third-order valence-corrected chi connectivity index (χ3v) is 7.49. The van der Waals surface area contributed by atoms with Crippen LogP contribution in [0, 0.1) is 5.92 Å². The van der Waals surface area contributed by atoms with Gasteiger partial charge in [-0.15, -0.1) is 11.3 Å². The van der Waals surface area contributed by atoms with Gasteiger partial charge in [0.25, 0.3) is 0 Å². The van der Waals surface area contributed by atoms with Gasteiger partial charge in [0.2, 0.25) is 5.43 Å². The highest BCUT2D eigenvalue weighted by molar-refractivity contribution is 7.12. The maximum absolute atomic E-state index is 13.0. The van der Waals surface area contributed by atoms with Gasteiger partial charge in [0.05, 0.1) is 23.1 Å². The molecule has 5 heterocycles. The first-order valence-electron chi connectivity index (χ1n) is 11.8. The molecule has 2 aliphatic rings. The second-order valence-corrected chi connectivity index (χ2v) is 9.81. The van der Waals surface area contributed by atoms with E-state index in [-0.39, 0.29) is 28.8 Å². The summed E-state index contributed by atoms with van der Waals surface area (Å²) < 4.78 is 7.29. The molecule has 5 rings (SSSR count). The minimum Gasteiger partial charge on any atom is -0.477 e. The summed E-state index contributed by atoms with van der Waals surface area (Å²) in [6.45, 7) is 1.90. The highest BCUT2D eigenvalue weighted by atomic mass is 32.1. The zero-order chi connectivity index (χ0) is 24.5. The zero-order valence-corrected chi connectivity index (χ0v) is 20.2. The van der Waals surface area contributed by atoms with E-state index in [2.05, 4.69) is 10.3 Å². The van der Waals surface area contributed by atoms with Crippen LogP contribution in [-0.4, -0.2) is 64.2 Å². The van der Waals surface area contributed by atoms with Crippen molar-refractivity contribution < 1.29 is 19.4 Å². The number of hydrogen-bond donors (Lipinski definition) is 2. The van der Waals surface area contributed by atoms with Gasteiger partial charge >= 0.3 is 5.97 Å². The third kappa shape index (κ3) is 4.53. The molecule has 3 aromatic rings. The molecule has 2 aliphatic heterocycles. The smallest absolute Gasteiger partial charge is 0.341 e. The van der Waals surface area contributed by atoms with Crippen molar-refractivity contribution in [2.75, 3.05) is 37.0 Å². The minimum absolute atomic E-state index is 0.0512. The predicted molar refractivity (Wildman–Crippen MR) is 133 cm³/mol. The molecule has 1 unspecified atom stereocenters. The number of aromatic carboxylic acids is 1. The first-order chi connectivity index (χ1) is 17.0. The Balaban J connectivity index is 1.41. The number of anilines is 2. The number of carbonyl (C=O) groups excluding carboxylic acids is 1. The van der Waals surface area contributed by atoms with Gasteiger partial charge in [-0.1, -0.05) is 0 Å². The van der Waals surface area contributed by atoms with Crippen LogP contribution in [0.3, 0.4) is 0 Å². The molecule has 2 N–H and O–H groups in total.